The lowest BCUT2D eigenvalue weighted by Gasteiger charge is -2.19. The van der Waals surface area contributed by atoms with Crippen molar-refractivity contribution in [2.24, 2.45) is 5.73 Å². The Labute approximate surface area is 125 Å². The summed E-state index contributed by atoms with van der Waals surface area (Å²) in [6.45, 7) is 9.60. The van der Waals surface area contributed by atoms with Gasteiger partial charge < -0.3 is 10.5 Å². The van der Waals surface area contributed by atoms with Crippen molar-refractivity contribution in [2.75, 3.05) is 18.9 Å². The quantitative estimate of drug-likeness (QED) is 0.842. The van der Waals surface area contributed by atoms with Gasteiger partial charge in [0.15, 0.2) is 0 Å². The van der Waals surface area contributed by atoms with Crippen LogP contribution in [0.1, 0.15) is 39.7 Å². The van der Waals surface area contributed by atoms with Crippen molar-refractivity contribution in [3.63, 3.8) is 0 Å². The first kappa shape index (κ1) is 17.3. The topological polar surface area (TPSA) is 52.3 Å². The second kappa shape index (κ2) is 7.91. The maximum Gasteiger partial charge on any atom is 0.0706 e. The van der Waals surface area contributed by atoms with Crippen LogP contribution in [0, 0.1) is 0 Å². The lowest BCUT2D eigenvalue weighted by atomic mass is 9.87. The molecule has 2 unspecified atom stereocenters. The zero-order valence-corrected chi connectivity index (χ0v) is 13.8. The fourth-order valence-electron chi connectivity index (χ4n) is 1.97. The average Bonchev–Trinajstić information content (AvgIpc) is 2.42. The van der Waals surface area contributed by atoms with Gasteiger partial charge in [-0.05, 0) is 36.5 Å². The van der Waals surface area contributed by atoms with Gasteiger partial charge in [0.25, 0.3) is 0 Å². The van der Waals surface area contributed by atoms with E-state index in [4.69, 9.17) is 10.5 Å². The van der Waals surface area contributed by atoms with Crippen molar-refractivity contribution in [3.8, 4) is 0 Å². The molecule has 0 saturated heterocycles. The van der Waals surface area contributed by atoms with Crippen LogP contribution in [-0.2, 0) is 21.0 Å². The maximum absolute atomic E-state index is 12.2. The second-order valence-electron chi connectivity index (χ2n) is 5.93. The minimum Gasteiger partial charge on any atom is -0.377 e. The molecule has 0 amide bonds. The molecule has 0 bridgehead atoms. The first-order valence-electron chi connectivity index (χ1n) is 7.19. The highest BCUT2D eigenvalue weighted by molar-refractivity contribution is 7.85. The van der Waals surface area contributed by atoms with Gasteiger partial charge in [-0.3, -0.25) is 4.21 Å². The predicted molar refractivity (Wildman–Crippen MR) is 85.5 cm³/mol. The maximum atomic E-state index is 12.2. The number of hydrogen-bond donors (Lipinski definition) is 1. The molecule has 0 aliphatic carbocycles. The molecule has 2 N–H and O–H groups in total. The van der Waals surface area contributed by atoms with Gasteiger partial charge in [-0.2, -0.15) is 0 Å². The molecule has 20 heavy (non-hydrogen) atoms. The molecule has 0 fully saturated rings. The second-order valence-corrected chi connectivity index (χ2v) is 7.50. The molecule has 114 valence electrons. The summed E-state index contributed by atoms with van der Waals surface area (Å²) in [6.07, 6.45) is 0.746. The Bertz CT molecular complexity index is 423. The van der Waals surface area contributed by atoms with E-state index in [0.29, 0.717) is 18.9 Å². The summed E-state index contributed by atoms with van der Waals surface area (Å²) >= 11 is 0. The Morgan fingerprint density at radius 3 is 2.30 bits per heavy atom. The van der Waals surface area contributed by atoms with Gasteiger partial charge in [-0.25, -0.2) is 0 Å². The Kier molecular flexibility index (Phi) is 6.86. The van der Waals surface area contributed by atoms with E-state index in [1.807, 2.05) is 19.1 Å². The predicted octanol–water partition coefficient (Wildman–Crippen LogP) is 2.85. The smallest absolute Gasteiger partial charge is 0.0706 e. The first-order valence-corrected chi connectivity index (χ1v) is 8.51. The van der Waals surface area contributed by atoms with E-state index in [9.17, 15) is 4.21 Å². The standard InChI is InChI=1S/C16H27NO2S/c1-5-19-14(12-17)10-11-20(18)15-8-6-13(7-9-15)16(2,3)4/h6-9,14H,5,10-12,17H2,1-4H3. The van der Waals surface area contributed by atoms with E-state index in [-0.39, 0.29) is 11.5 Å². The van der Waals surface area contributed by atoms with Crippen LogP contribution in [0.15, 0.2) is 29.2 Å². The molecular weight excluding hydrogens is 270 g/mol. The fourth-order valence-corrected chi connectivity index (χ4v) is 3.12. The summed E-state index contributed by atoms with van der Waals surface area (Å²) in [4.78, 5) is 0.880. The van der Waals surface area contributed by atoms with E-state index in [1.165, 1.54) is 5.56 Å². The van der Waals surface area contributed by atoms with E-state index in [2.05, 4.69) is 32.9 Å². The van der Waals surface area contributed by atoms with Crippen molar-refractivity contribution in [2.45, 2.75) is 50.5 Å². The number of benzene rings is 1. The monoisotopic (exact) mass is 297 g/mol. The van der Waals surface area contributed by atoms with E-state index in [0.717, 1.165) is 11.3 Å². The molecule has 1 rings (SSSR count). The van der Waals surface area contributed by atoms with Crippen molar-refractivity contribution >= 4 is 10.8 Å². The molecule has 1 aromatic rings. The van der Waals surface area contributed by atoms with Crippen molar-refractivity contribution in [1.29, 1.82) is 0 Å². The third-order valence-corrected chi connectivity index (χ3v) is 4.68. The molecule has 2 atom stereocenters. The first-order chi connectivity index (χ1) is 9.38. The zero-order valence-electron chi connectivity index (χ0n) is 13.0. The summed E-state index contributed by atoms with van der Waals surface area (Å²) in [6, 6.07) is 8.07. The van der Waals surface area contributed by atoms with E-state index >= 15 is 0 Å². The normalized spacial score (nSPS) is 15.1. The number of ether oxygens (including phenoxy) is 1. The summed E-state index contributed by atoms with van der Waals surface area (Å²) in [7, 11) is -0.980. The highest BCUT2D eigenvalue weighted by atomic mass is 32.2. The Morgan fingerprint density at radius 2 is 1.85 bits per heavy atom. The van der Waals surface area contributed by atoms with Crippen LogP contribution in [-0.4, -0.2) is 29.2 Å². The van der Waals surface area contributed by atoms with Crippen molar-refractivity contribution < 1.29 is 8.95 Å². The van der Waals surface area contributed by atoms with Crippen LogP contribution < -0.4 is 5.73 Å². The molecule has 0 radical (unpaired) electrons. The zero-order chi connectivity index (χ0) is 15.2. The Morgan fingerprint density at radius 1 is 1.25 bits per heavy atom. The van der Waals surface area contributed by atoms with Gasteiger partial charge in [-0.15, -0.1) is 0 Å². The van der Waals surface area contributed by atoms with Crippen molar-refractivity contribution in [3.05, 3.63) is 29.8 Å². The van der Waals surface area contributed by atoms with Gasteiger partial charge in [0.2, 0.25) is 0 Å². The molecular formula is C16H27NO2S. The van der Waals surface area contributed by atoms with Gasteiger partial charge in [0.1, 0.15) is 0 Å². The molecule has 0 saturated carbocycles. The summed E-state index contributed by atoms with van der Waals surface area (Å²) < 4.78 is 17.7. The Hall–Kier alpha value is -0.710. The Balaban J connectivity index is 2.60. The van der Waals surface area contributed by atoms with Crippen LogP contribution in [0.25, 0.3) is 0 Å². The molecule has 4 heteroatoms. The summed E-state index contributed by atoms with van der Waals surface area (Å²) in [5.41, 5.74) is 7.01. The van der Waals surface area contributed by atoms with Crippen LogP contribution in [0.3, 0.4) is 0 Å². The number of hydrogen-bond acceptors (Lipinski definition) is 3. The average molecular weight is 297 g/mol. The number of rotatable bonds is 7. The number of nitrogens with two attached hydrogens (primary N) is 1. The van der Waals surface area contributed by atoms with Crippen LogP contribution in [0.5, 0.6) is 0 Å². The largest absolute Gasteiger partial charge is 0.377 e. The SMILES string of the molecule is CCOC(CN)CCS(=O)c1ccc(C(C)(C)C)cc1. The molecule has 0 aromatic heterocycles. The van der Waals surface area contributed by atoms with Crippen LogP contribution in [0.2, 0.25) is 0 Å². The van der Waals surface area contributed by atoms with Crippen LogP contribution in [0.4, 0.5) is 0 Å². The molecule has 0 spiro atoms. The molecule has 0 aliphatic heterocycles. The van der Waals surface area contributed by atoms with E-state index < -0.39 is 10.8 Å². The van der Waals surface area contributed by atoms with E-state index in [1.54, 1.807) is 0 Å². The van der Waals surface area contributed by atoms with Gasteiger partial charge in [0, 0.05) is 23.8 Å². The summed E-state index contributed by atoms with van der Waals surface area (Å²) in [5, 5.41) is 0. The third kappa shape index (κ3) is 5.35. The highest BCUT2D eigenvalue weighted by Gasteiger charge is 2.14. The molecule has 1 aromatic carbocycles. The highest BCUT2D eigenvalue weighted by Crippen LogP contribution is 2.23. The van der Waals surface area contributed by atoms with Gasteiger partial charge >= 0.3 is 0 Å². The third-order valence-electron chi connectivity index (χ3n) is 3.27. The lowest BCUT2D eigenvalue weighted by molar-refractivity contribution is 0.0672. The molecule has 0 aliphatic rings. The van der Waals surface area contributed by atoms with Gasteiger partial charge in [-0.1, -0.05) is 32.9 Å². The van der Waals surface area contributed by atoms with Crippen molar-refractivity contribution in [1.82, 2.24) is 0 Å². The fraction of sp³-hybridized carbons (Fsp3) is 0.625. The minimum atomic E-state index is -0.980. The minimum absolute atomic E-state index is 0.0119. The molecule has 0 heterocycles. The van der Waals surface area contributed by atoms with Crippen LogP contribution >= 0.6 is 0 Å². The lowest BCUT2D eigenvalue weighted by Crippen LogP contribution is -2.25. The van der Waals surface area contributed by atoms with Gasteiger partial charge in [0.05, 0.1) is 16.9 Å². The summed E-state index contributed by atoms with van der Waals surface area (Å²) in [5.74, 6) is 0.594. The molecule has 3 nitrogen and oxygen atoms in total.